The number of carbonyl (C=O) groups is 1. The number of rotatable bonds is 3. The van der Waals surface area contributed by atoms with Crippen molar-refractivity contribution in [2.45, 2.75) is 38.8 Å². The molecule has 1 rings (SSSR count). The van der Waals surface area contributed by atoms with E-state index in [-0.39, 0.29) is 5.91 Å². The Labute approximate surface area is 86.2 Å². The molecule has 0 radical (unpaired) electrons. The van der Waals surface area contributed by atoms with Crippen molar-refractivity contribution in [2.24, 2.45) is 0 Å². The lowest BCUT2D eigenvalue weighted by atomic mass is 10.0. The highest BCUT2D eigenvalue weighted by atomic mass is 16.2. The fraction of sp³-hybridized carbons (Fsp3) is 0.727. The Morgan fingerprint density at radius 2 is 2.36 bits per heavy atom. The van der Waals surface area contributed by atoms with E-state index in [1.165, 1.54) is 12.5 Å². The molecule has 80 valence electrons. The van der Waals surface area contributed by atoms with Crippen molar-refractivity contribution >= 4 is 5.91 Å². The molecule has 1 saturated heterocycles. The summed E-state index contributed by atoms with van der Waals surface area (Å²) in [5, 5.41) is 3.46. The second-order valence-electron chi connectivity index (χ2n) is 4.15. The molecule has 1 amide bonds. The van der Waals surface area contributed by atoms with Gasteiger partial charge in [0.15, 0.2) is 0 Å². The first kappa shape index (κ1) is 11.2. The first-order valence-corrected chi connectivity index (χ1v) is 5.31. The molecule has 0 aromatic rings. The maximum absolute atomic E-state index is 11.4. The van der Waals surface area contributed by atoms with Gasteiger partial charge in [-0.25, -0.2) is 0 Å². The van der Waals surface area contributed by atoms with E-state index in [1.807, 2.05) is 4.90 Å². The molecule has 14 heavy (non-hydrogen) atoms. The van der Waals surface area contributed by atoms with Crippen molar-refractivity contribution < 1.29 is 4.79 Å². The van der Waals surface area contributed by atoms with Gasteiger partial charge in [0, 0.05) is 25.2 Å². The number of hydrogen-bond acceptors (Lipinski definition) is 2. The van der Waals surface area contributed by atoms with Crippen LogP contribution in [0.5, 0.6) is 0 Å². The molecule has 0 saturated carbocycles. The zero-order chi connectivity index (χ0) is 10.6. The van der Waals surface area contributed by atoms with Crippen LogP contribution in [0.3, 0.4) is 0 Å². The van der Waals surface area contributed by atoms with Crippen LogP contribution in [0.4, 0.5) is 0 Å². The summed E-state index contributed by atoms with van der Waals surface area (Å²) in [6.07, 6.45) is 3.65. The molecule has 1 heterocycles. The summed E-state index contributed by atoms with van der Waals surface area (Å²) in [6.45, 7) is 9.48. The SMILES string of the molecule is C=CC(=O)N1CCC[C@@H](NC(C)C)C1. The number of nitrogens with one attached hydrogen (secondary N) is 1. The summed E-state index contributed by atoms with van der Waals surface area (Å²) < 4.78 is 0. The lowest BCUT2D eigenvalue weighted by molar-refractivity contribution is -0.127. The van der Waals surface area contributed by atoms with Crippen LogP contribution >= 0.6 is 0 Å². The summed E-state index contributed by atoms with van der Waals surface area (Å²) in [5.74, 6) is 0.0558. The molecule has 0 aromatic carbocycles. The number of nitrogens with zero attached hydrogens (tertiary/aromatic N) is 1. The Balaban J connectivity index is 2.43. The third kappa shape index (κ3) is 3.14. The van der Waals surface area contributed by atoms with Gasteiger partial charge in [-0.3, -0.25) is 4.79 Å². The number of piperidine rings is 1. The second kappa shape index (κ2) is 5.15. The maximum Gasteiger partial charge on any atom is 0.246 e. The molecular weight excluding hydrogens is 176 g/mol. The van der Waals surface area contributed by atoms with Crippen LogP contribution in [0.1, 0.15) is 26.7 Å². The quantitative estimate of drug-likeness (QED) is 0.687. The molecule has 0 spiro atoms. The van der Waals surface area contributed by atoms with E-state index in [2.05, 4.69) is 25.7 Å². The molecular formula is C11H20N2O. The molecule has 0 aliphatic carbocycles. The molecule has 1 fully saturated rings. The van der Waals surface area contributed by atoms with Crippen molar-refractivity contribution in [1.29, 1.82) is 0 Å². The van der Waals surface area contributed by atoms with Crippen molar-refractivity contribution in [3.63, 3.8) is 0 Å². The fourth-order valence-electron chi connectivity index (χ4n) is 1.91. The van der Waals surface area contributed by atoms with Gasteiger partial charge in [-0.05, 0) is 18.9 Å². The van der Waals surface area contributed by atoms with Gasteiger partial charge in [-0.1, -0.05) is 20.4 Å². The van der Waals surface area contributed by atoms with Crippen LogP contribution < -0.4 is 5.32 Å². The standard InChI is InChI=1S/C11H20N2O/c1-4-11(14)13-7-5-6-10(8-13)12-9(2)3/h4,9-10,12H,1,5-8H2,2-3H3/t10-/m1/s1. The summed E-state index contributed by atoms with van der Waals surface area (Å²) in [4.78, 5) is 13.2. The fourth-order valence-corrected chi connectivity index (χ4v) is 1.91. The smallest absolute Gasteiger partial charge is 0.246 e. The zero-order valence-corrected chi connectivity index (χ0v) is 9.12. The number of likely N-dealkylation sites (tertiary alicyclic amines) is 1. The number of amides is 1. The van der Waals surface area contributed by atoms with Gasteiger partial charge in [-0.2, -0.15) is 0 Å². The van der Waals surface area contributed by atoms with Gasteiger partial charge < -0.3 is 10.2 Å². The largest absolute Gasteiger partial charge is 0.338 e. The van der Waals surface area contributed by atoms with E-state index in [0.717, 1.165) is 19.5 Å². The minimum absolute atomic E-state index is 0.0558. The highest BCUT2D eigenvalue weighted by molar-refractivity contribution is 5.87. The summed E-state index contributed by atoms with van der Waals surface area (Å²) in [5.41, 5.74) is 0. The van der Waals surface area contributed by atoms with Crippen molar-refractivity contribution in [3.05, 3.63) is 12.7 Å². The zero-order valence-electron chi connectivity index (χ0n) is 9.12. The Morgan fingerprint density at radius 3 is 2.93 bits per heavy atom. The highest BCUT2D eigenvalue weighted by Crippen LogP contribution is 2.10. The molecule has 3 nitrogen and oxygen atoms in total. The van der Waals surface area contributed by atoms with Crippen molar-refractivity contribution in [3.8, 4) is 0 Å². The van der Waals surface area contributed by atoms with Gasteiger partial charge in [0.25, 0.3) is 0 Å². The van der Waals surface area contributed by atoms with Crippen molar-refractivity contribution in [1.82, 2.24) is 10.2 Å². The molecule has 0 unspecified atom stereocenters. The third-order valence-corrected chi connectivity index (χ3v) is 2.48. The van der Waals surface area contributed by atoms with Gasteiger partial charge in [-0.15, -0.1) is 0 Å². The van der Waals surface area contributed by atoms with Crippen LogP contribution in [-0.4, -0.2) is 36.0 Å². The van der Waals surface area contributed by atoms with Gasteiger partial charge in [0.1, 0.15) is 0 Å². The van der Waals surface area contributed by atoms with Gasteiger partial charge in [0.2, 0.25) is 5.91 Å². The lowest BCUT2D eigenvalue weighted by Gasteiger charge is -2.33. The van der Waals surface area contributed by atoms with E-state index < -0.39 is 0 Å². The molecule has 1 atom stereocenters. The molecule has 0 aromatic heterocycles. The molecule has 1 N–H and O–H groups in total. The lowest BCUT2D eigenvalue weighted by Crippen LogP contribution is -2.49. The van der Waals surface area contributed by atoms with E-state index in [1.54, 1.807) is 0 Å². The third-order valence-electron chi connectivity index (χ3n) is 2.48. The normalized spacial score (nSPS) is 22.5. The van der Waals surface area contributed by atoms with E-state index in [0.29, 0.717) is 12.1 Å². The average Bonchev–Trinajstić information content (AvgIpc) is 2.16. The molecule has 0 bridgehead atoms. The molecule has 1 aliphatic rings. The van der Waals surface area contributed by atoms with E-state index in [4.69, 9.17) is 0 Å². The monoisotopic (exact) mass is 196 g/mol. The molecule has 3 heteroatoms. The Kier molecular flexibility index (Phi) is 4.14. The highest BCUT2D eigenvalue weighted by Gasteiger charge is 2.21. The van der Waals surface area contributed by atoms with E-state index >= 15 is 0 Å². The second-order valence-corrected chi connectivity index (χ2v) is 4.15. The van der Waals surface area contributed by atoms with Crippen LogP contribution in [0.2, 0.25) is 0 Å². The predicted molar refractivity (Wildman–Crippen MR) is 58.1 cm³/mol. The Morgan fingerprint density at radius 1 is 1.64 bits per heavy atom. The number of hydrogen-bond donors (Lipinski definition) is 1. The Hall–Kier alpha value is -0.830. The average molecular weight is 196 g/mol. The van der Waals surface area contributed by atoms with Crippen LogP contribution in [-0.2, 0) is 4.79 Å². The molecule has 1 aliphatic heterocycles. The summed E-state index contributed by atoms with van der Waals surface area (Å²) in [6, 6.07) is 0.937. The van der Waals surface area contributed by atoms with E-state index in [9.17, 15) is 4.79 Å². The maximum atomic E-state index is 11.4. The van der Waals surface area contributed by atoms with Gasteiger partial charge in [0.05, 0.1) is 0 Å². The minimum Gasteiger partial charge on any atom is -0.338 e. The summed E-state index contributed by atoms with van der Waals surface area (Å²) in [7, 11) is 0. The van der Waals surface area contributed by atoms with Crippen LogP contribution in [0, 0.1) is 0 Å². The first-order valence-electron chi connectivity index (χ1n) is 5.31. The predicted octanol–water partition coefficient (Wildman–Crippen LogP) is 1.16. The van der Waals surface area contributed by atoms with Crippen LogP contribution in [0.15, 0.2) is 12.7 Å². The van der Waals surface area contributed by atoms with Crippen LogP contribution in [0.25, 0.3) is 0 Å². The van der Waals surface area contributed by atoms with Crippen molar-refractivity contribution in [2.75, 3.05) is 13.1 Å². The minimum atomic E-state index is 0.0558. The van der Waals surface area contributed by atoms with Gasteiger partial charge >= 0.3 is 0 Å². The topological polar surface area (TPSA) is 32.3 Å². The Bertz CT molecular complexity index is 213. The number of carbonyl (C=O) groups excluding carboxylic acids is 1. The summed E-state index contributed by atoms with van der Waals surface area (Å²) >= 11 is 0. The first-order chi connectivity index (χ1) is 6.63.